The van der Waals surface area contributed by atoms with Gasteiger partial charge >= 0.3 is 6.03 Å². The predicted octanol–water partition coefficient (Wildman–Crippen LogP) is 3.12. The van der Waals surface area contributed by atoms with E-state index in [1.807, 2.05) is 18.2 Å². The number of methoxy groups -OCH3 is 5. The zero-order valence-electron chi connectivity index (χ0n) is 22.1. The first-order valence-electron chi connectivity index (χ1n) is 12.2. The van der Waals surface area contributed by atoms with Gasteiger partial charge in [0.1, 0.15) is 35.3 Å². The van der Waals surface area contributed by atoms with Gasteiger partial charge in [0.05, 0.1) is 35.0 Å². The van der Waals surface area contributed by atoms with Gasteiger partial charge in [0, 0.05) is 38.9 Å². The molecule has 0 aromatic heterocycles. The summed E-state index contributed by atoms with van der Waals surface area (Å²) >= 11 is 0. The molecule has 2 heterocycles. The molecule has 200 valence electrons. The average Bonchev–Trinajstić information content (AvgIpc) is 3.10. The van der Waals surface area contributed by atoms with Gasteiger partial charge in [-0.1, -0.05) is 0 Å². The fraction of sp³-hybridized carbons (Fsp3) is 0.481. The van der Waals surface area contributed by atoms with Gasteiger partial charge in [-0.3, -0.25) is 19.5 Å². The summed E-state index contributed by atoms with van der Waals surface area (Å²) < 4.78 is 26.9. The van der Waals surface area contributed by atoms with E-state index in [1.165, 1.54) is 12.0 Å². The molecule has 1 spiro atoms. The summed E-state index contributed by atoms with van der Waals surface area (Å²) in [6, 6.07) is 10.8. The number of carbonyl (C=O) groups is 2. The minimum atomic E-state index is -0.932. The predicted molar refractivity (Wildman–Crippen MR) is 136 cm³/mol. The van der Waals surface area contributed by atoms with Gasteiger partial charge in [-0.25, -0.2) is 4.79 Å². The molecule has 4 rings (SSSR count). The van der Waals surface area contributed by atoms with Crippen molar-refractivity contribution < 1.29 is 33.3 Å². The van der Waals surface area contributed by atoms with Crippen LogP contribution in [0.3, 0.4) is 0 Å². The topological polar surface area (TPSA) is 90.0 Å². The molecule has 0 atom stereocenters. The number of hydrogen-bond donors (Lipinski definition) is 0. The number of hydrogen-bond acceptors (Lipinski definition) is 8. The van der Waals surface area contributed by atoms with Crippen molar-refractivity contribution in [2.75, 3.05) is 55.4 Å². The summed E-state index contributed by atoms with van der Waals surface area (Å²) in [4.78, 5) is 32.4. The third kappa shape index (κ3) is 5.30. The molecule has 2 aromatic carbocycles. The number of imide groups is 1. The standard InChI is InChI=1S/C27H35N3O7/c1-33-18-30-26(32)29(17-20-12-23(36-4)15-24(13-20)37-5)25(31)27(30)6-8-28(9-7-27)16-19-10-21(34-2)14-22(11-19)35-3/h10-15H,6-9,16-18H2,1-5H3. The number of urea groups is 1. The maximum atomic E-state index is 13.8. The van der Waals surface area contributed by atoms with E-state index in [4.69, 9.17) is 23.7 Å². The zero-order chi connectivity index (χ0) is 26.6. The van der Waals surface area contributed by atoms with Crippen LogP contribution in [0.15, 0.2) is 36.4 Å². The number of nitrogens with zero attached hydrogens (tertiary/aromatic N) is 3. The highest BCUT2D eigenvalue weighted by Crippen LogP contribution is 2.39. The molecule has 0 unspecified atom stereocenters. The van der Waals surface area contributed by atoms with Crippen molar-refractivity contribution in [2.45, 2.75) is 31.5 Å². The minimum absolute atomic E-state index is 0.0512. The molecule has 2 fully saturated rings. The highest BCUT2D eigenvalue weighted by molar-refractivity contribution is 6.07. The SMILES string of the molecule is COCN1C(=O)N(Cc2cc(OC)cc(OC)c2)C(=O)C12CCN(Cc1cc(OC)cc(OC)c1)CC2. The largest absolute Gasteiger partial charge is 0.497 e. The lowest BCUT2D eigenvalue weighted by molar-refractivity contribution is -0.137. The maximum Gasteiger partial charge on any atom is 0.329 e. The summed E-state index contributed by atoms with van der Waals surface area (Å²) in [5, 5.41) is 0. The number of likely N-dealkylation sites (tertiary alicyclic amines) is 1. The van der Waals surface area contributed by atoms with Crippen molar-refractivity contribution >= 4 is 11.9 Å². The zero-order valence-corrected chi connectivity index (χ0v) is 22.1. The van der Waals surface area contributed by atoms with Crippen molar-refractivity contribution in [3.63, 3.8) is 0 Å². The Hall–Kier alpha value is -3.50. The molecule has 2 aliphatic heterocycles. The molecule has 10 nitrogen and oxygen atoms in total. The molecular weight excluding hydrogens is 478 g/mol. The number of carbonyl (C=O) groups excluding carboxylic acids is 2. The molecule has 37 heavy (non-hydrogen) atoms. The number of benzene rings is 2. The maximum absolute atomic E-state index is 13.8. The summed E-state index contributed by atoms with van der Waals surface area (Å²) in [7, 11) is 7.92. The molecule has 2 aromatic rings. The second-order valence-corrected chi connectivity index (χ2v) is 9.27. The van der Waals surface area contributed by atoms with Crippen LogP contribution < -0.4 is 18.9 Å². The van der Waals surface area contributed by atoms with Gasteiger partial charge in [0.15, 0.2) is 0 Å². The third-order valence-electron chi connectivity index (χ3n) is 7.13. The monoisotopic (exact) mass is 513 g/mol. The quantitative estimate of drug-likeness (QED) is 0.448. The molecule has 10 heteroatoms. The lowest BCUT2D eigenvalue weighted by Gasteiger charge is -2.41. The van der Waals surface area contributed by atoms with E-state index in [-0.39, 0.29) is 25.2 Å². The van der Waals surface area contributed by atoms with Crippen LogP contribution in [0.5, 0.6) is 23.0 Å². The number of rotatable bonds is 10. The third-order valence-corrected chi connectivity index (χ3v) is 7.13. The second kappa shape index (κ2) is 11.3. The van der Waals surface area contributed by atoms with Crippen LogP contribution in [0, 0.1) is 0 Å². The molecule has 0 N–H and O–H groups in total. The van der Waals surface area contributed by atoms with Crippen molar-refractivity contribution in [3.8, 4) is 23.0 Å². The van der Waals surface area contributed by atoms with Gasteiger partial charge in [0.2, 0.25) is 0 Å². The van der Waals surface area contributed by atoms with Crippen molar-refractivity contribution in [3.05, 3.63) is 47.5 Å². The lowest BCUT2D eigenvalue weighted by Crippen LogP contribution is -2.56. The molecule has 2 aliphatic rings. The van der Waals surface area contributed by atoms with Crippen LogP contribution in [-0.4, -0.2) is 87.5 Å². The van der Waals surface area contributed by atoms with Gasteiger partial charge < -0.3 is 23.7 Å². The first-order chi connectivity index (χ1) is 17.9. The number of amides is 3. The Labute approximate surface area is 217 Å². The summed E-state index contributed by atoms with van der Waals surface area (Å²) in [6.45, 7) is 2.17. The van der Waals surface area contributed by atoms with Gasteiger partial charge in [-0.15, -0.1) is 0 Å². The van der Waals surface area contributed by atoms with Crippen LogP contribution in [-0.2, 0) is 22.6 Å². The molecule has 0 radical (unpaired) electrons. The molecule has 0 bridgehead atoms. The van der Waals surface area contributed by atoms with E-state index in [1.54, 1.807) is 51.5 Å². The van der Waals surface area contributed by atoms with Crippen LogP contribution in [0.4, 0.5) is 4.79 Å². The summed E-state index contributed by atoms with van der Waals surface area (Å²) in [5.74, 6) is 2.46. The lowest BCUT2D eigenvalue weighted by atomic mass is 9.86. The Bertz CT molecular complexity index is 1090. The number of ether oxygens (including phenoxy) is 5. The molecule has 0 saturated carbocycles. The van der Waals surface area contributed by atoms with E-state index >= 15 is 0 Å². The fourth-order valence-corrected chi connectivity index (χ4v) is 5.15. The molecule has 2 saturated heterocycles. The van der Waals surface area contributed by atoms with Crippen LogP contribution in [0.25, 0.3) is 0 Å². The highest BCUT2D eigenvalue weighted by atomic mass is 16.5. The Morgan fingerprint density at radius 1 is 0.703 bits per heavy atom. The fourth-order valence-electron chi connectivity index (χ4n) is 5.15. The molecule has 0 aliphatic carbocycles. The normalized spacial score (nSPS) is 17.4. The van der Waals surface area contributed by atoms with Crippen LogP contribution >= 0.6 is 0 Å². The van der Waals surface area contributed by atoms with E-state index in [0.717, 1.165) is 22.6 Å². The van der Waals surface area contributed by atoms with Crippen LogP contribution in [0.1, 0.15) is 24.0 Å². The van der Waals surface area contributed by atoms with Crippen LogP contribution in [0.2, 0.25) is 0 Å². The number of piperidine rings is 1. The first kappa shape index (κ1) is 26.6. The van der Waals surface area contributed by atoms with Crippen molar-refractivity contribution in [1.29, 1.82) is 0 Å². The smallest absolute Gasteiger partial charge is 0.329 e. The second-order valence-electron chi connectivity index (χ2n) is 9.27. The van der Waals surface area contributed by atoms with Gasteiger partial charge in [-0.2, -0.15) is 0 Å². The van der Waals surface area contributed by atoms with Gasteiger partial charge in [0.25, 0.3) is 5.91 Å². The summed E-state index contributed by atoms with van der Waals surface area (Å²) in [6.07, 6.45) is 1.03. The Morgan fingerprint density at radius 2 is 1.16 bits per heavy atom. The van der Waals surface area contributed by atoms with Crippen molar-refractivity contribution in [1.82, 2.24) is 14.7 Å². The van der Waals surface area contributed by atoms with E-state index in [9.17, 15) is 9.59 Å². The minimum Gasteiger partial charge on any atom is -0.497 e. The Balaban J connectivity index is 1.52. The average molecular weight is 514 g/mol. The molecular formula is C27H35N3O7. The highest BCUT2D eigenvalue weighted by Gasteiger charge is 2.57. The van der Waals surface area contributed by atoms with E-state index in [0.29, 0.717) is 44.0 Å². The summed E-state index contributed by atoms with van der Waals surface area (Å²) in [5.41, 5.74) is 0.874. The molecule has 3 amide bonds. The first-order valence-corrected chi connectivity index (χ1v) is 12.2. The Kier molecular flexibility index (Phi) is 8.09. The Morgan fingerprint density at radius 3 is 1.59 bits per heavy atom. The van der Waals surface area contributed by atoms with Crippen molar-refractivity contribution in [2.24, 2.45) is 0 Å². The van der Waals surface area contributed by atoms with E-state index in [2.05, 4.69) is 4.90 Å². The van der Waals surface area contributed by atoms with E-state index < -0.39 is 5.54 Å². The van der Waals surface area contributed by atoms with Gasteiger partial charge in [-0.05, 0) is 48.2 Å².